The Morgan fingerprint density at radius 1 is 1.50 bits per heavy atom. The van der Waals surface area contributed by atoms with Crippen LogP contribution in [-0.4, -0.2) is 25.3 Å². The van der Waals surface area contributed by atoms with Crippen molar-refractivity contribution in [3.05, 3.63) is 29.6 Å². The third-order valence-electron chi connectivity index (χ3n) is 2.85. The molecular formula is C12H13FN2O2S. The topological polar surface area (TPSA) is 61.2 Å². The van der Waals surface area contributed by atoms with Gasteiger partial charge in [0.15, 0.2) is 0 Å². The van der Waals surface area contributed by atoms with Crippen molar-refractivity contribution in [1.82, 2.24) is 4.31 Å². The molecule has 1 fully saturated rings. The van der Waals surface area contributed by atoms with E-state index in [9.17, 15) is 12.8 Å². The van der Waals surface area contributed by atoms with Crippen molar-refractivity contribution in [1.29, 1.82) is 5.26 Å². The molecule has 0 spiro atoms. The average molecular weight is 268 g/mol. The van der Waals surface area contributed by atoms with E-state index in [1.807, 2.05) is 6.07 Å². The van der Waals surface area contributed by atoms with Gasteiger partial charge in [-0.15, -0.1) is 0 Å². The molecule has 96 valence electrons. The molecule has 6 heteroatoms. The molecule has 0 bridgehead atoms. The van der Waals surface area contributed by atoms with Crippen LogP contribution in [0, 0.1) is 24.1 Å². The summed E-state index contributed by atoms with van der Waals surface area (Å²) in [6, 6.07) is 5.65. The molecule has 0 aromatic heterocycles. The molecule has 0 aliphatic heterocycles. The molecule has 1 aliphatic carbocycles. The summed E-state index contributed by atoms with van der Waals surface area (Å²) in [4.78, 5) is -0.352. The van der Waals surface area contributed by atoms with E-state index in [2.05, 4.69) is 0 Å². The highest BCUT2D eigenvalue weighted by Gasteiger charge is 2.39. The maximum Gasteiger partial charge on any atom is 0.247 e. The molecule has 4 nitrogen and oxygen atoms in total. The molecule has 0 heterocycles. The van der Waals surface area contributed by atoms with Crippen LogP contribution in [-0.2, 0) is 10.0 Å². The first-order valence-electron chi connectivity index (χ1n) is 5.62. The SMILES string of the molecule is Cc1ccc(S(=O)(=O)N(CC#N)C2CC2)c(F)c1. The Morgan fingerprint density at radius 2 is 2.17 bits per heavy atom. The monoisotopic (exact) mass is 268 g/mol. The highest BCUT2D eigenvalue weighted by Crippen LogP contribution is 2.32. The number of hydrogen-bond acceptors (Lipinski definition) is 3. The number of aryl methyl sites for hydroxylation is 1. The molecule has 18 heavy (non-hydrogen) atoms. The fourth-order valence-electron chi connectivity index (χ4n) is 1.78. The molecule has 0 radical (unpaired) electrons. The van der Waals surface area contributed by atoms with Crippen molar-refractivity contribution in [3.8, 4) is 6.07 Å². The zero-order chi connectivity index (χ0) is 13.3. The minimum atomic E-state index is -3.91. The Hall–Kier alpha value is -1.45. The summed E-state index contributed by atoms with van der Waals surface area (Å²) >= 11 is 0. The Balaban J connectivity index is 2.43. The second-order valence-electron chi connectivity index (χ2n) is 4.37. The maximum atomic E-state index is 13.7. The van der Waals surface area contributed by atoms with Crippen LogP contribution in [0.25, 0.3) is 0 Å². The second-order valence-corrected chi connectivity index (χ2v) is 6.23. The lowest BCUT2D eigenvalue weighted by Crippen LogP contribution is -2.34. The number of rotatable bonds is 4. The van der Waals surface area contributed by atoms with E-state index >= 15 is 0 Å². The fourth-order valence-corrected chi connectivity index (χ4v) is 3.41. The number of hydrogen-bond donors (Lipinski definition) is 0. The van der Waals surface area contributed by atoms with Crippen LogP contribution in [0.15, 0.2) is 23.1 Å². The lowest BCUT2D eigenvalue weighted by atomic mass is 10.2. The zero-order valence-electron chi connectivity index (χ0n) is 9.93. The molecule has 0 N–H and O–H groups in total. The Labute approximate surface area is 106 Å². The molecule has 0 atom stereocenters. The normalized spacial score (nSPS) is 15.7. The number of nitrogens with zero attached hydrogens (tertiary/aromatic N) is 2. The molecule has 0 amide bonds. The number of nitriles is 1. The van der Waals surface area contributed by atoms with Gasteiger partial charge in [-0.25, -0.2) is 12.8 Å². The van der Waals surface area contributed by atoms with E-state index in [0.29, 0.717) is 5.56 Å². The van der Waals surface area contributed by atoms with Crippen molar-refractivity contribution >= 4 is 10.0 Å². The standard InChI is InChI=1S/C12H13FN2O2S/c1-9-2-5-12(11(13)8-9)18(16,17)15(7-6-14)10-3-4-10/h2,5,8,10H,3-4,7H2,1H3. The Morgan fingerprint density at radius 3 is 2.67 bits per heavy atom. The summed E-state index contributed by atoms with van der Waals surface area (Å²) in [5, 5.41) is 8.69. The smallest absolute Gasteiger partial charge is 0.207 e. The van der Waals surface area contributed by atoms with Gasteiger partial charge in [-0.3, -0.25) is 0 Å². The van der Waals surface area contributed by atoms with Gasteiger partial charge < -0.3 is 0 Å². The number of sulfonamides is 1. The minimum absolute atomic E-state index is 0.157. The molecule has 1 aliphatic rings. The van der Waals surface area contributed by atoms with Crippen LogP contribution < -0.4 is 0 Å². The van der Waals surface area contributed by atoms with Crippen LogP contribution in [0.3, 0.4) is 0 Å². The molecule has 2 rings (SSSR count). The van der Waals surface area contributed by atoms with Crippen LogP contribution in [0.5, 0.6) is 0 Å². The van der Waals surface area contributed by atoms with Crippen molar-refractivity contribution in [3.63, 3.8) is 0 Å². The van der Waals surface area contributed by atoms with E-state index in [4.69, 9.17) is 5.26 Å². The van der Waals surface area contributed by atoms with Gasteiger partial charge in [0.05, 0.1) is 6.07 Å². The van der Waals surface area contributed by atoms with Gasteiger partial charge in [-0.2, -0.15) is 9.57 Å². The summed E-state index contributed by atoms with van der Waals surface area (Å²) in [6.45, 7) is 1.45. The van der Waals surface area contributed by atoms with Crippen molar-refractivity contribution < 1.29 is 12.8 Å². The molecular weight excluding hydrogens is 255 g/mol. The first-order valence-corrected chi connectivity index (χ1v) is 7.06. The highest BCUT2D eigenvalue weighted by molar-refractivity contribution is 7.89. The quantitative estimate of drug-likeness (QED) is 0.782. The lowest BCUT2D eigenvalue weighted by Gasteiger charge is -2.19. The zero-order valence-corrected chi connectivity index (χ0v) is 10.7. The van der Waals surface area contributed by atoms with E-state index in [-0.39, 0.29) is 17.5 Å². The van der Waals surface area contributed by atoms with E-state index < -0.39 is 15.8 Å². The highest BCUT2D eigenvalue weighted by atomic mass is 32.2. The predicted octanol–water partition coefficient (Wildman–Crippen LogP) is 1.81. The largest absolute Gasteiger partial charge is 0.247 e. The number of halogens is 1. The first kappa shape index (κ1) is 13.0. The summed E-state index contributed by atoms with van der Waals surface area (Å²) in [5.74, 6) is -0.765. The van der Waals surface area contributed by atoms with Gasteiger partial charge in [-0.1, -0.05) is 6.07 Å². The van der Waals surface area contributed by atoms with Gasteiger partial charge in [-0.05, 0) is 37.5 Å². The van der Waals surface area contributed by atoms with E-state index in [1.165, 1.54) is 12.1 Å². The first-order chi connectivity index (χ1) is 8.46. The third-order valence-corrected chi connectivity index (χ3v) is 4.79. The van der Waals surface area contributed by atoms with Crippen LogP contribution in [0.1, 0.15) is 18.4 Å². The lowest BCUT2D eigenvalue weighted by molar-refractivity contribution is 0.434. The summed E-state index contributed by atoms with van der Waals surface area (Å²) < 4.78 is 39.4. The van der Waals surface area contributed by atoms with Crippen LogP contribution in [0.2, 0.25) is 0 Å². The van der Waals surface area contributed by atoms with Gasteiger partial charge in [0.2, 0.25) is 10.0 Å². The predicted molar refractivity (Wildman–Crippen MR) is 63.7 cm³/mol. The summed E-state index contributed by atoms with van der Waals surface area (Å²) in [7, 11) is -3.91. The van der Waals surface area contributed by atoms with Crippen molar-refractivity contribution in [2.45, 2.75) is 30.7 Å². The second kappa shape index (κ2) is 4.67. The number of benzene rings is 1. The summed E-state index contributed by atoms with van der Waals surface area (Å²) in [6.07, 6.45) is 1.46. The van der Waals surface area contributed by atoms with E-state index in [0.717, 1.165) is 17.1 Å². The minimum Gasteiger partial charge on any atom is -0.207 e. The fraction of sp³-hybridized carbons (Fsp3) is 0.417. The average Bonchev–Trinajstić information content (AvgIpc) is 3.08. The molecule has 0 unspecified atom stereocenters. The summed E-state index contributed by atoms with van der Waals surface area (Å²) in [5.41, 5.74) is 0.657. The molecule has 1 aromatic carbocycles. The molecule has 1 saturated carbocycles. The van der Waals surface area contributed by atoms with Crippen LogP contribution in [0.4, 0.5) is 4.39 Å². The van der Waals surface area contributed by atoms with Gasteiger partial charge in [0, 0.05) is 6.04 Å². The molecule has 1 aromatic rings. The Kier molecular flexibility index (Phi) is 3.37. The van der Waals surface area contributed by atoms with Crippen molar-refractivity contribution in [2.24, 2.45) is 0 Å². The third kappa shape index (κ3) is 2.37. The van der Waals surface area contributed by atoms with Crippen molar-refractivity contribution in [2.75, 3.05) is 6.54 Å². The van der Waals surface area contributed by atoms with Gasteiger partial charge >= 0.3 is 0 Å². The maximum absolute atomic E-state index is 13.7. The molecule has 0 saturated heterocycles. The van der Waals surface area contributed by atoms with Crippen LogP contribution >= 0.6 is 0 Å². The Bertz CT molecular complexity index is 603. The van der Waals surface area contributed by atoms with Gasteiger partial charge in [0.1, 0.15) is 17.3 Å². The van der Waals surface area contributed by atoms with Gasteiger partial charge in [0.25, 0.3) is 0 Å². The van der Waals surface area contributed by atoms with E-state index in [1.54, 1.807) is 13.0 Å².